The lowest BCUT2D eigenvalue weighted by Crippen LogP contribution is -2.39. The van der Waals surface area contributed by atoms with Gasteiger partial charge >= 0.3 is 5.97 Å². The van der Waals surface area contributed by atoms with E-state index in [1.807, 2.05) is 6.07 Å². The molecule has 1 heterocycles. The molecule has 1 atom stereocenters. The van der Waals surface area contributed by atoms with Crippen molar-refractivity contribution < 1.29 is 14.7 Å². The summed E-state index contributed by atoms with van der Waals surface area (Å²) in [4.78, 5) is 16.9. The molecule has 0 amide bonds. The first-order chi connectivity index (χ1) is 7.75. The predicted octanol–water partition coefficient (Wildman–Crippen LogP) is 1.22. The minimum absolute atomic E-state index is 0.366. The van der Waals surface area contributed by atoms with Crippen molar-refractivity contribution in [3.05, 3.63) is 35.9 Å². The number of nitrogens with zero attached hydrogens (tertiary/aromatic N) is 1. The van der Waals surface area contributed by atoms with Gasteiger partial charge in [-0.15, -0.1) is 5.06 Å². The van der Waals surface area contributed by atoms with Gasteiger partial charge in [0.05, 0.1) is 18.2 Å². The lowest BCUT2D eigenvalue weighted by Gasteiger charge is -2.28. The number of carbonyl (C=O) groups is 1. The zero-order valence-corrected chi connectivity index (χ0v) is 9.00. The van der Waals surface area contributed by atoms with Crippen molar-refractivity contribution in [2.45, 2.75) is 18.9 Å². The zero-order chi connectivity index (χ0) is 11.4. The van der Waals surface area contributed by atoms with Gasteiger partial charge in [-0.2, -0.15) is 0 Å². The number of benzene rings is 1. The summed E-state index contributed by atoms with van der Waals surface area (Å²) in [6.07, 6.45) is 1.24. The van der Waals surface area contributed by atoms with Crippen molar-refractivity contribution in [2.75, 3.05) is 13.1 Å². The Morgan fingerprint density at radius 3 is 2.81 bits per heavy atom. The molecule has 1 saturated heterocycles. The van der Waals surface area contributed by atoms with Gasteiger partial charge in [-0.25, -0.2) is 4.79 Å². The van der Waals surface area contributed by atoms with Crippen LogP contribution in [0.4, 0.5) is 0 Å². The molecule has 0 aliphatic carbocycles. The summed E-state index contributed by atoms with van der Waals surface area (Å²) in [7, 11) is 0. The van der Waals surface area contributed by atoms with E-state index in [0.717, 1.165) is 12.8 Å². The maximum absolute atomic E-state index is 11.7. The van der Waals surface area contributed by atoms with Gasteiger partial charge in [0.25, 0.3) is 0 Å². The number of aliphatic hydroxyl groups excluding tert-OH is 1. The molecule has 1 aromatic rings. The van der Waals surface area contributed by atoms with Crippen LogP contribution in [-0.4, -0.2) is 35.3 Å². The van der Waals surface area contributed by atoms with E-state index in [1.54, 1.807) is 24.3 Å². The van der Waals surface area contributed by atoms with Crippen LogP contribution in [-0.2, 0) is 4.84 Å². The molecule has 1 fully saturated rings. The van der Waals surface area contributed by atoms with Crippen LogP contribution in [0.1, 0.15) is 23.2 Å². The molecule has 1 unspecified atom stereocenters. The van der Waals surface area contributed by atoms with E-state index in [4.69, 9.17) is 4.84 Å². The second kappa shape index (κ2) is 5.09. The van der Waals surface area contributed by atoms with E-state index in [2.05, 4.69) is 0 Å². The van der Waals surface area contributed by atoms with Gasteiger partial charge in [-0.3, -0.25) is 0 Å². The smallest absolute Gasteiger partial charge is 0.357 e. The Morgan fingerprint density at radius 2 is 2.12 bits per heavy atom. The first-order valence-corrected chi connectivity index (χ1v) is 5.46. The number of rotatable bonds is 2. The van der Waals surface area contributed by atoms with E-state index >= 15 is 0 Å². The fourth-order valence-electron chi connectivity index (χ4n) is 1.75. The number of hydroxylamine groups is 2. The highest BCUT2D eigenvalue weighted by molar-refractivity contribution is 5.89. The van der Waals surface area contributed by atoms with Crippen LogP contribution in [0.3, 0.4) is 0 Å². The van der Waals surface area contributed by atoms with Crippen molar-refractivity contribution in [1.29, 1.82) is 0 Å². The summed E-state index contributed by atoms with van der Waals surface area (Å²) in [6.45, 7) is 1.09. The number of hydrogen-bond donors (Lipinski definition) is 1. The molecule has 4 nitrogen and oxygen atoms in total. The monoisotopic (exact) mass is 221 g/mol. The molecule has 0 aromatic heterocycles. The van der Waals surface area contributed by atoms with Crippen LogP contribution in [0.15, 0.2) is 30.3 Å². The van der Waals surface area contributed by atoms with Crippen molar-refractivity contribution in [3.8, 4) is 0 Å². The highest BCUT2D eigenvalue weighted by atomic mass is 16.7. The van der Waals surface area contributed by atoms with Crippen LogP contribution >= 0.6 is 0 Å². The number of hydrogen-bond acceptors (Lipinski definition) is 4. The summed E-state index contributed by atoms with van der Waals surface area (Å²) >= 11 is 0. The number of carbonyl (C=O) groups excluding carboxylic acids is 1. The van der Waals surface area contributed by atoms with E-state index in [1.165, 1.54) is 5.06 Å². The largest absolute Gasteiger partial charge is 0.392 e. The highest BCUT2D eigenvalue weighted by Gasteiger charge is 2.21. The van der Waals surface area contributed by atoms with Crippen molar-refractivity contribution in [2.24, 2.45) is 0 Å². The first-order valence-electron chi connectivity index (χ1n) is 5.46. The third-order valence-electron chi connectivity index (χ3n) is 2.58. The van der Waals surface area contributed by atoms with Crippen LogP contribution in [0.25, 0.3) is 0 Å². The first kappa shape index (κ1) is 11.1. The minimum atomic E-state index is -0.391. The summed E-state index contributed by atoms with van der Waals surface area (Å²) < 4.78 is 0. The number of piperidine rings is 1. The standard InChI is InChI=1S/C12H15NO3/c14-11-7-4-8-13(9-11)16-12(15)10-5-2-1-3-6-10/h1-3,5-6,11,14H,4,7-9H2. The molecule has 0 bridgehead atoms. The topological polar surface area (TPSA) is 49.8 Å². The van der Waals surface area contributed by atoms with Crippen molar-refractivity contribution in [3.63, 3.8) is 0 Å². The Labute approximate surface area is 94.4 Å². The Morgan fingerprint density at radius 1 is 1.38 bits per heavy atom. The molecule has 0 saturated carbocycles. The Balaban J connectivity index is 1.92. The van der Waals surface area contributed by atoms with Gasteiger partial charge in [-0.1, -0.05) is 18.2 Å². The zero-order valence-electron chi connectivity index (χ0n) is 9.00. The van der Waals surface area contributed by atoms with E-state index < -0.39 is 6.10 Å². The minimum Gasteiger partial charge on any atom is -0.392 e. The maximum atomic E-state index is 11.7. The van der Waals surface area contributed by atoms with Gasteiger partial charge in [-0.05, 0) is 25.0 Å². The quantitative estimate of drug-likeness (QED) is 0.815. The number of aliphatic hydroxyl groups is 1. The highest BCUT2D eigenvalue weighted by Crippen LogP contribution is 2.11. The van der Waals surface area contributed by atoms with Gasteiger partial charge in [0.15, 0.2) is 0 Å². The SMILES string of the molecule is O=C(ON1CCCC(O)C1)c1ccccc1. The van der Waals surface area contributed by atoms with Crippen LogP contribution in [0.5, 0.6) is 0 Å². The van der Waals surface area contributed by atoms with Gasteiger partial charge < -0.3 is 9.94 Å². The van der Waals surface area contributed by atoms with Crippen molar-refractivity contribution >= 4 is 5.97 Å². The van der Waals surface area contributed by atoms with Crippen LogP contribution in [0, 0.1) is 0 Å². The Bertz CT molecular complexity index is 353. The molecule has 2 rings (SSSR count). The molecule has 0 radical (unpaired) electrons. The third-order valence-corrected chi connectivity index (χ3v) is 2.58. The van der Waals surface area contributed by atoms with Crippen LogP contribution < -0.4 is 0 Å². The van der Waals surface area contributed by atoms with Gasteiger partial charge in [0.2, 0.25) is 0 Å². The normalized spacial score (nSPS) is 21.7. The molecule has 0 spiro atoms. The van der Waals surface area contributed by atoms with E-state index in [0.29, 0.717) is 18.7 Å². The van der Waals surface area contributed by atoms with Crippen molar-refractivity contribution in [1.82, 2.24) is 5.06 Å². The molecule has 16 heavy (non-hydrogen) atoms. The molecule has 1 N–H and O–H groups in total. The molecule has 4 heteroatoms. The lowest BCUT2D eigenvalue weighted by atomic mass is 10.1. The Hall–Kier alpha value is -1.39. The molecule has 1 aliphatic heterocycles. The average Bonchev–Trinajstić information content (AvgIpc) is 2.30. The predicted molar refractivity (Wildman–Crippen MR) is 58.7 cm³/mol. The molecule has 1 aromatic carbocycles. The van der Waals surface area contributed by atoms with Gasteiger partial charge in [0.1, 0.15) is 0 Å². The van der Waals surface area contributed by atoms with E-state index in [-0.39, 0.29) is 5.97 Å². The van der Waals surface area contributed by atoms with Crippen LogP contribution in [0.2, 0.25) is 0 Å². The molecular weight excluding hydrogens is 206 g/mol. The molecule has 86 valence electrons. The van der Waals surface area contributed by atoms with E-state index in [9.17, 15) is 9.90 Å². The number of β-amino-alcohol motifs (C(OH)–C–C–N with tert-alkyl or cyclic N) is 1. The Kier molecular flexibility index (Phi) is 3.54. The summed E-state index contributed by atoms with van der Waals surface area (Å²) in [6, 6.07) is 8.86. The second-order valence-electron chi connectivity index (χ2n) is 3.93. The summed E-state index contributed by atoms with van der Waals surface area (Å²) in [5, 5.41) is 11.0. The second-order valence-corrected chi connectivity index (χ2v) is 3.93. The third kappa shape index (κ3) is 2.81. The lowest BCUT2D eigenvalue weighted by molar-refractivity contribution is -0.141. The van der Waals surface area contributed by atoms with Gasteiger partial charge in [0, 0.05) is 6.54 Å². The fraction of sp³-hybridized carbons (Fsp3) is 0.417. The molecule has 1 aliphatic rings. The summed E-state index contributed by atoms with van der Waals surface area (Å²) in [5.74, 6) is -0.366. The fourth-order valence-corrected chi connectivity index (χ4v) is 1.75. The summed E-state index contributed by atoms with van der Waals surface area (Å²) in [5.41, 5.74) is 0.530. The maximum Gasteiger partial charge on any atom is 0.357 e. The molecular formula is C12H15NO3. The average molecular weight is 221 g/mol.